The first-order chi connectivity index (χ1) is 16.1. The Labute approximate surface area is 193 Å². The molecule has 2 aliphatic heterocycles. The molecule has 33 heavy (non-hydrogen) atoms. The predicted octanol–water partition coefficient (Wildman–Crippen LogP) is 4.25. The molecule has 3 aromatic rings. The fourth-order valence-electron chi connectivity index (χ4n) is 5.23. The lowest BCUT2D eigenvalue weighted by molar-refractivity contribution is 0.0524. The Hall–Kier alpha value is -3.61. The zero-order valence-electron chi connectivity index (χ0n) is 18.6. The zero-order valence-corrected chi connectivity index (χ0v) is 18.6. The number of carbonyl (C=O) groups is 2. The van der Waals surface area contributed by atoms with Gasteiger partial charge in [0.25, 0.3) is 5.91 Å². The Kier molecular flexibility index (Phi) is 4.71. The molecule has 3 amide bonds. The second-order valence-corrected chi connectivity index (χ2v) is 9.40. The van der Waals surface area contributed by atoms with Crippen molar-refractivity contribution in [3.05, 3.63) is 77.6 Å². The number of anilines is 1. The number of hydrogen-bond acceptors (Lipinski definition) is 3. The van der Waals surface area contributed by atoms with Crippen LogP contribution in [0.15, 0.2) is 60.7 Å². The van der Waals surface area contributed by atoms with Crippen LogP contribution in [0, 0.1) is 18.8 Å². The van der Waals surface area contributed by atoms with Crippen LogP contribution in [-0.4, -0.2) is 51.2 Å². The van der Waals surface area contributed by atoms with Crippen LogP contribution in [0.25, 0.3) is 5.69 Å². The van der Waals surface area contributed by atoms with Gasteiger partial charge < -0.3 is 15.1 Å². The first-order valence-corrected chi connectivity index (χ1v) is 11.7. The van der Waals surface area contributed by atoms with E-state index in [2.05, 4.69) is 10.2 Å². The number of rotatable bonds is 5. The first kappa shape index (κ1) is 20.0. The van der Waals surface area contributed by atoms with Crippen LogP contribution in [0.2, 0.25) is 0 Å². The number of benzene rings is 2. The highest BCUT2D eigenvalue weighted by Gasteiger charge is 2.50. The molecule has 0 spiro atoms. The average Bonchev–Trinajstić information content (AvgIpc) is 3.52. The lowest BCUT2D eigenvalue weighted by atomic mass is 9.97. The van der Waals surface area contributed by atoms with Crippen molar-refractivity contribution in [1.82, 2.24) is 19.6 Å². The number of para-hydroxylation sites is 2. The number of urea groups is 1. The van der Waals surface area contributed by atoms with Crippen molar-refractivity contribution >= 4 is 17.6 Å². The summed E-state index contributed by atoms with van der Waals surface area (Å²) in [6, 6.07) is 19.4. The van der Waals surface area contributed by atoms with Gasteiger partial charge in [-0.2, -0.15) is 5.10 Å². The third-order valence-corrected chi connectivity index (χ3v) is 7.00. The fourth-order valence-corrected chi connectivity index (χ4v) is 5.23. The van der Waals surface area contributed by atoms with Crippen molar-refractivity contribution in [2.45, 2.75) is 25.8 Å². The molecule has 168 valence electrons. The van der Waals surface area contributed by atoms with Crippen molar-refractivity contribution in [1.29, 1.82) is 0 Å². The summed E-state index contributed by atoms with van der Waals surface area (Å²) < 4.78 is 1.82. The Morgan fingerprint density at radius 1 is 1.03 bits per heavy atom. The fraction of sp³-hybridized carbons (Fsp3) is 0.346. The van der Waals surface area contributed by atoms with Gasteiger partial charge in [-0.3, -0.25) is 4.79 Å². The minimum atomic E-state index is -0.0807. The van der Waals surface area contributed by atoms with Crippen LogP contribution >= 0.6 is 0 Å². The van der Waals surface area contributed by atoms with Gasteiger partial charge in [0.1, 0.15) is 5.69 Å². The standard InChI is InChI=1S/C26H27N5O2/c1-17-22-23(19-12-13-19)30(25(32)24(22)31(28-17)21-10-6-3-7-11-21)16-18-14-29(15-18)26(33)27-20-8-4-2-5-9-20/h2-11,18-19,23H,12-16H2,1H3,(H,27,33). The number of nitrogens with one attached hydrogen (secondary N) is 1. The number of carbonyl (C=O) groups excluding carboxylic acids is 2. The molecule has 6 rings (SSSR count). The van der Waals surface area contributed by atoms with Crippen molar-refractivity contribution in [2.75, 3.05) is 25.0 Å². The number of amides is 3. The van der Waals surface area contributed by atoms with E-state index in [0.29, 0.717) is 37.2 Å². The maximum atomic E-state index is 13.7. The Bertz CT molecular complexity index is 1200. The molecular weight excluding hydrogens is 414 g/mol. The summed E-state index contributed by atoms with van der Waals surface area (Å²) in [6.07, 6.45) is 2.31. The predicted molar refractivity (Wildman–Crippen MR) is 125 cm³/mol. The highest BCUT2D eigenvalue weighted by Crippen LogP contribution is 2.51. The number of nitrogens with zero attached hydrogens (tertiary/aromatic N) is 4. The van der Waals surface area contributed by atoms with Gasteiger partial charge in [-0.15, -0.1) is 0 Å². The van der Waals surface area contributed by atoms with E-state index in [1.165, 1.54) is 0 Å². The van der Waals surface area contributed by atoms with Crippen LogP contribution in [0.4, 0.5) is 10.5 Å². The van der Waals surface area contributed by atoms with Crippen LogP contribution in [0.5, 0.6) is 0 Å². The van der Waals surface area contributed by atoms with E-state index in [-0.39, 0.29) is 18.0 Å². The number of hydrogen-bond donors (Lipinski definition) is 1. The largest absolute Gasteiger partial charge is 0.329 e. The van der Waals surface area contributed by atoms with Crippen LogP contribution in [0.3, 0.4) is 0 Å². The molecule has 7 nitrogen and oxygen atoms in total. The van der Waals surface area contributed by atoms with Crippen molar-refractivity contribution in [2.24, 2.45) is 11.8 Å². The molecule has 1 saturated heterocycles. The topological polar surface area (TPSA) is 70.5 Å². The second kappa shape index (κ2) is 7.76. The van der Waals surface area contributed by atoms with E-state index >= 15 is 0 Å². The molecule has 2 fully saturated rings. The summed E-state index contributed by atoms with van der Waals surface area (Å²) in [7, 11) is 0. The Morgan fingerprint density at radius 2 is 1.70 bits per heavy atom. The van der Waals surface area contributed by atoms with Gasteiger partial charge >= 0.3 is 6.03 Å². The quantitative estimate of drug-likeness (QED) is 0.643. The first-order valence-electron chi connectivity index (χ1n) is 11.7. The van der Waals surface area contributed by atoms with Crippen molar-refractivity contribution in [3.8, 4) is 5.69 Å². The molecule has 1 aromatic heterocycles. The van der Waals surface area contributed by atoms with E-state index < -0.39 is 0 Å². The molecule has 3 aliphatic rings. The normalized spacial score (nSPS) is 20.0. The molecule has 1 atom stereocenters. The smallest absolute Gasteiger partial charge is 0.321 e. The van der Waals surface area contributed by atoms with E-state index in [1.54, 1.807) is 0 Å². The highest BCUT2D eigenvalue weighted by atomic mass is 16.2. The van der Waals surface area contributed by atoms with Gasteiger partial charge in [0.2, 0.25) is 0 Å². The van der Waals surface area contributed by atoms with E-state index in [0.717, 1.165) is 35.5 Å². The van der Waals surface area contributed by atoms with Gasteiger partial charge in [0.05, 0.1) is 17.4 Å². The van der Waals surface area contributed by atoms with E-state index in [1.807, 2.05) is 77.2 Å². The molecule has 0 bridgehead atoms. The van der Waals surface area contributed by atoms with Crippen molar-refractivity contribution in [3.63, 3.8) is 0 Å². The minimum Gasteiger partial charge on any atom is -0.329 e. The summed E-state index contributed by atoms with van der Waals surface area (Å²) in [5.74, 6) is 0.873. The lowest BCUT2D eigenvalue weighted by Gasteiger charge is -2.42. The van der Waals surface area contributed by atoms with Gasteiger partial charge in [-0.25, -0.2) is 9.48 Å². The molecule has 1 saturated carbocycles. The summed E-state index contributed by atoms with van der Waals surface area (Å²) in [5, 5.41) is 7.69. The van der Waals surface area contributed by atoms with Gasteiger partial charge in [0.15, 0.2) is 0 Å². The van der Waals surface area contributed by atoms with E-state index in [4.69, 9.17) is 5.10 Å². The SMILES string of the molecule is Cc1nn(-c2ccccc2)c2c1C(C1CC1)N(CC1CN(C(=O)Nc3ccccc3)C1)C2=O. The van der Waals surface area contributed by atoms with Gasteiger partial charge in [-0.05, 0) is 49.9 Å². The van der Waals surface area contributed by atoms with E-state index in [9.17, 15) is 9.59 Å². The van der Waals surface area contributed by atoms with Crippen LogP contribution < -0.4 is 5.32 Å². The molecule has 1 N–H and O–H groups in total. The maximum Gasteiger partial charge on any atom is 0.321 e. The number of aromatic nitrogens is 2. The molecular formula is C26H27N5O2. The summed E-state index contributed by atoms with van der Waals surface area (Å²) >= 11 is 0. The van der Waals surface area contributed by atoms with Crippen molar-refractivity contribution < 1.29 is 9.59 Å². The van der Waals surface area contributed by atoms with Crippen LogP contribution in [-0.2, 0) is 0 Å². The van der Waals surface area contributed by atoms with Crippen LogP contribution in [0.1, 0.15) is 40.6 Å². The lowest BCUT2D eigenvalue weighted by Crippen LogP contribution is -2.55. The number of likely N-dealkylation sites (tertiary alicyclic amines) is 1. The summed E-state index contributed by atoms with van der Waals surface area (Å²) in [5.41, 5.74) is 4.47. The zero-order chi connectivity index (χ0) is 22.5. The molecule has 1 unspecified atom stereocenters. The molecule has 0 radical (unpaired) electrons. The molecule has 1 aliphatic carbocycles. The third kappa shape index (κ3) is 3.48. The highest BCUT2D eigenvalue weighted by molar-refractivity contribution is 5.98. The Balaban J connectivity index is 1.18. The summed E-state index contributed by atoms with van der Waals surface area (Å²) in [4.78, 5) is 30.1. The Morgan fingerprint density at radius 3 is 2.36 bits per heavy atom. The third-order valence-electron chi connectivity index (χ3n) is 7.00. The molecule has 3 heterocycles. The summed E-state index contributed by atoms with van der Waals surface area (Å²) in [6.45, 7) is 4.03. The van der Waals surface area contributed by atoms with Gasteiger partial charge in [-0.1, -0.05) is 36.4 Å². The second-order valence-electron chi connectivity index (χ2n) is 9.40. The molecule has 2 aromatic carbocycles. The van der Waals surface area contributed by atoms with Gasteiger partial charge in [0, 0.05) is 36.8 Å². The monoisotopic (exact) mass is 441 g/mol. The molecule has 7 heteroatoms. The maximum absolute atomic E-state index is 13.7. The minimum absolute atomic E-state index is 0.0681. The number of aryl methyl sites for hydroxylation is 1. The number of fused-ring (bicyclic) bond motifs is 1. The average molecular weight is 442 g/mol.